The lowest BCUT2D eigenvalue weighted by Crippen LogP contribution is -2.00. The molecule has 1 aromatic heterocycles. The van der Waals surface area contributed by atoms with Crippen molar-refractivity contribution in [3.63, 3.8) is 0 Å². The Labute approximate surface area is 82.0 Å². The van der Waals surface area contributed by atoms with E-state index in [-0.39, 0.29) is 18.1 Å². The van der Waals surface area contributed by atoms with Crippen LogP contribution in [0.1, 0.15) is 17.4 Å². The van der Waals surface area contributed by atoms with Crippen molar-refractivity contribution in [3.8, 4) is 5.75 Å². The first-order valence-electron chi connectivity index (χ1n) is 3.56. The van der Waals surface area contributed by atoms with E-state index in [4.69, 9.17) is 9.84 Å². The molecule has 1 N–H and O–H groups in total. The van der Waals surface area contributed by atoms with Crippen LogP contribution in [0.5, 0.6) is 5.75 Å². The molecule has 5 heteroatoms. The highest BCUT2D eigenvalue weighted by molar-refractivity contribution is 5.85. The van der Waals surface area contributed by atoms with Gasteiger partial charge in [-0.05, 0) is 19.1 Å². The predicted octanol–water partition coefficient (Wildman–Crippen LogP) is 1.60. The van der Waals surface area contributed by atoms with Crippen molar-refractivity contribution in [1.82, 2.24) is 4.98 Å². The Bertz CT molecular complexity index is 273. The molecule has 0 radical (unpaired) electrons. The van der Waals surface area contributed by atoms with Gasteiger partial charge in [-0.3, -0.25) is 0 Å². The summed E-state index contributed by atoms with van der Waals surface area (Å²) in [6.45, 7) is 2.40. The number of halogens is 1. The average molecular weight is 204 g/mol. The Morgan fingerprint density at radius 1 is 1.62 bits per heavy atom. The van der Waals surface area contributed by atoms with E-state index in [9.17, 15) is 4.79 Å². The molecule has 0 saturated heterocycles. The third kappa shape index (κ3) is 3.29. The summed E-state index contributed by atoms with van der Waals surface area (Å²) in [6.07, 6.45) is 1.40. The maximum absolute atomic E-state index is 10.4. The van der Waals surface area contributed by atoms with E-state index >= 15 is 0 Å². The zero-order chi connectivity index (χ0) is 8.97. The number of nitrogens with zero attached hydrogens (tertiary/aromatic N) is 1. The minimum absolute atomic E-state index is 0. The number of pyridine rings is 1. The average Bonchev–Trinajstić information content (AvgIpc) is 2.06. The predicted molar refractivity (Wildman–Crippen MR) is 49.6 cm³/mol. The molecule has 0 aromatic carbocycles. The van der Waals surface area contributed by atoms with Crippen LogP contribution in [0.2, 0.25) is 0 Å². The van der Waals surface area contributed by atoms with Gasteiger partial charge in [-0.15, -0.1) is 12.4 Å². The summed E-state index contributed by atoms with van der Waals surface area (Å²) in [7, 11) is 0. The highest BCUT2D eigenvalue weighted by Gasteiger charge is 2.02. The van der Waals surface area contributed by atoms with Gasteiger partial charge in [0.15, 0.2) is 0 Å². The Balaban J connectivity index is 0.00000144. The fourth-order valence-electron chi connectivity index (χ4n) is 0.759. The van der Waals surface area contributed by atoms with Gasteiger partial charge in [0.2, 0.25) is 0 Å². The highest BCUT2D eigenvalue weighted by Crippen LogP contribution is 2.08. The second kappa shape index (κ2) is 5.37. The SMILES string of the molecule is CCOc1ccc(C(=O)O)nc1.Cl. The van der Waals surface area contributed by atoms with Crippen LogP contribution < -0.4 is 4.74 Å². The highest BCUT2D eigenvalue weighted by atomic mass is 35.5. The molecule has 0 amide bonds. The molecule has 1 aromatic rings. The lowest BCUT2D eigenvalue weighted by atomic mass is 10.3. The number of hydrogen-bond donors (Lipinski definition) is 1. The minimum atomic E-state index is -1.03. The van der Waals surface area contributed by atoms with Crippen LogP contribution in [-0.4, -0.2) is 22.7 Å². The van der Waals surface area contributed by atoms with Crippen molar-refractivity contribution < 1.29 is 14.6 Å². The number of rotatable bonds is 3. The Hall–Kier alpha value is -1.29. The number of hydrogen-bond acceptors (Lipinski definition) is 3. The van der Waals surface area contributed by atoms with Crippen molar-refractivity contribution in [2.45, 2.75) is 6.92 Å². The smallest absolute Gasteiger partial charge is 0.354 e. The number of aromatic nitrogens is 1. The molecule has 0 fully saturated rings. The van der Waals surface area contributed by atoms with Crippen molar-refractivity contribution in [2.24, 2.45) is 0 Å². The van der Waals surface area contributed by atoms with Gasteiger partial charge in [-0.1, -0.05) is 0 Å². The van der Waals surface area contributed by atoms with E-state index in [1.807, 2.05) is 6.92 Å². The summed E-state index contributed by atoms with van der Waals surface area (Å²) < 4.78 is 5.09. The molecule has 0 spiro atoms. The quantitative estimate of drug-likeness (QED) is 0.811. The van der Waals surface area contributed by atoms with Crippen molar-refractivity contribution in [3.05, 3.63) is 24.0 Å². The van der Waals surface area contributed by atoms with Gasteiger partial charge in [-0.2, -0.15) is 0 Å². The fraction of sp³-hybridized carbons (Fsp3) is 0.250. The third-order valence-corrected chi connectivity index (χ3v) is 1.27. The van der Waals surface area contributed by atoms with Crippen LogP contribution in [-0.2, 0) is 0 Å². The van der Waals surface area contributed by atoms with Crippen LogP contribution in [0, 0.1) is 0 Å². The van der Waals surface area contributed by atoms with Gasteiger partial charge in [-0.25, -0.2) is 9.78 Å². The largest absolute Gasteiger partial charge is 0.492 e. The normalized spacial score (nSPS) is 8.69. The van der Waals surface area contributed by atoms with Gasteiger partial charge >= 0.3 is 5.97 Å². The van der Waals surface area contributed by atoms with Gasteiger partial charge in [0.05, 0.1) is 12.8 Å². The van der Waals surface area contributed by atoms with E-state index in [1.54, 1.807) is 6.07 Å². The summed E-state index contributed by atoms with van der Waals surface area (Å²) in [5.74, 6) is -0.444. The van der Waals surface area contributed by atoms with Crippen LogP contribution in [0.3, 0.4) is 0 Å². The van der Waals surface area contributed by atoms with Gasteiger partial charge in [0.1, 0.15) is 11.4 Å². The molecular weight excluding hydrogens is 194 g/mol. The summed E-state index contributed by atoms with van der Waals surface area (Å²) in [4.78, 5) is 14.0. The van der Waals surface area contributed by atoms with Crippen LogP contribution in [0.15, 0.2) is 18.3 Å². The number of carbonyl (C=O) groups is 1. The standard InChI is InChI=1S/C8H9NO3.ClH/c1-2-12-6-3-4-7(8(10)11)9-5-6;/h3-5H,2H2,1H3,(H,10,11);1H. The zero-order valence-electron chi connectivity index (χ0n) is 7.06. The summed E-state index contributed by atoms with van der Waals surface area (Å²) >= 11 is 0. The molecule has 72 valence electrons. The van der Waals surface area contributed by atoms with E-state index in [0.29, 0.717) is 12.4 Å². The first-order chi connectivity index (χ1) is 5.74. The van der Waals surface area contributed by atoms with Gasteiger partial charge in [0, 0.05) is 0 Å². The van der Waals surface area contributed by atoms with E-state index in [1.165, 1.54) is 12.3 Å². The summed E-state index contributed by atoms with van der Waals surface area (Å²) in [5, 5.41) is 8.50. The zero-order valence-corrected chi connectivity index (χ0v) is 7.87. The first-order valence-corrected chi connectivity index (χ1v) is 3.56. The third-order valence-electron chi connectivity index (χ3n) is 1.27. The van der Waals surface area contributed by atoms with Crippen molar-refractivity contribution >= 4 is 18.4 Å². The molecule has 4 nitrogen and oxygen atoms in total. The molecule has 1 heterocycles. The molecule has 0 saturated carbocycles. The number of carboxylic acids is 1. The molecule has 0 atom stereocenters. The fourth-order valence-corrected chi connectivity index (χ4v) is 0.759. The molecule has 0 aliphatic rings. The molecule has 1 rings (SSSR count). The summed E-state index contributed by atoms with van der Waals surface area (Å²) in [5.41, 5.74) is 0.0263. The lowest BCUT2D eigenvalue weighted by Gasteiger charge is -2.00. The van der Waals surface area contributed by atoms with Crippen LogP contribution in [0.25, 0.3) is 0 Å². The van der Waals surface area contributed by atoms with E-state index < -0.39 is 5.97 Å². The Morgan fingerprint density at radius 3 is 2.69 bits per heavy atom. The molecule has 0 bridgehead atoms. The van der Waals surface area contributed by atoms with Crippen molar-refractivity contribution in [1.29, 1.82) is 0 Å². The van der Waals surface area contributed by atoms with E-state index in [2.05, 4.69) is 4.98 Å². The summed E-state index contributed by atoms with van der Waals surface area (Å²) in [6, 6.07) is 2.99. The Kier molecular flexibility index (Phi) is 4.84. The second-order valence-electron chi connectivity index (χ2n) is 2.12. The first kappa shape index (κ1) is 11.7. The molecule has 0 aliphatic heterocycles. The maximum Gasteiger partial charge on any atom is 0.354 e. The number of carboxylic acid groups (broad SMARTS) is 1. The number of aromatic carboxylic acids is 1. The molecule has 0 unspecified atom stereocenters. The monoisotopic (exact) mass is 203 g/mol. The van der Waals surface area contributed by atoms with Crippen molar-refractivity contribution in [2.75, 3.05) is 6.61 Å². The lowest BCUT2D eigenvalue weighted by molar-refractivity contribution is 0.0690. The second-order valence-corrected chi connectivity index (χ2v) is 2.12. The molecule has 0 aliphatic carbocycles. The maximum atomic E-state index is 10.4. The van der Waals surface area contributed by atoms with Gasteiger partial charge < -0.3 is 9.84 Å². The van der Waals surface area contributed by atoms with Gasteiger partial charge in [0.25, 0.3) is 0 Å². The van der Waals surface area contributed by atoms with E-state index in [0.717, 1.165) is 0 Å². The molecule has 13 heavy (non-hydrogen) atoms. The van der Waals surface area contributed by atoms with Crippen LogP contribution >= 0.6 is 12.4 Å². The minimum Gasteiger partial charge on any atom is -0.492 e. The van der Waals surface area contributed by atoms with Crippen LogP contribution in [0.4, 0.5) is 0 Å². The molecular formula is C8H10ClNO3. The number of ether oxygens (including phenoxy) is 1. The Morgan fingerprint density at radius 2 is 2.31 bits per heavy atom. The topological polar surface area (TPSA) is 59.4 Å².